The molecule has 1 unspecified atom stereocenters. The van der Waals surface area contributed by atoms with Crippen molar-refractivity contribution in [3.63, 3.8) is 0 Å². The molecule has 2 rings (SSSR count). The first-order chi connectivity index (χ1) is 8.99. The Labute approximate surface area is 125 Å². The van der Waals surface area contributed by atoms with Gasteiger partial charge in [-0.1, -0.05) is 22.8 Å². The van der Waals surface area contributed by atoms with E-state index in [1.54, 1.807) is 6.26 Å². The van der Waals surface area contributed by atoms with Gasteiger partial charge in [-0.25, -0.2) is 4.98 Å². The van der Waals surface area contributed by atoms with Crippen LogP contribution < -0.4 is 4.90 Å². The maximum Gasteiger partial charge on any atom is 0.224 e. The molecule has 0 aromatic carbocycles. The smallest absolute Gasteiger partial charge is 0.224 e. The van der Waals surface area contributed by atoms with Gasteiger partial charge in [0.25, 0.3) is 0 Å². The van der Waals surface area contributed by atoms with Gasteiger partial charge in [0.05, 0.1) is 25.5 Å². The summed E-state index contributed by atoms with van der Waals surface area (Å²) in [7, 11) is 0. The summed E-state index contributed by atoms with van der Waals surface area (Å²) in [6.07, 6.45) is 1.60. The molecular formula is C11H15Cl2N3O2S. The standard InChI is InChI=1S/C11H15Cl2N3O2S/c1-7-5-18-4-3-16(7)10-9(12)8(6-19(2)17)14-11(13)15-10/h7H,3-6H2,1-2H3/t7-,19?/m1/s1. The zero-order valence-electron chi connectivity index (χ0n) is 10.7. The Morgan fingerprint density at radius 3 is 2.84 bits per heavy atom. The van der Waals surface area contributed by atoms with Crippen LogP contribution in [0.2, 0.25) is 10.3 Å². The monoisotopic (exact) mass is 323 g/mol. The number of morpholine rings is 1. The minimum Gasteiger partial charge on any atom is -0.616 e. The highest BCUT2D eigenvalue weighted by Crippen LogP contribution is 2.30. The van der Waals surface area contributed by atoms with E-state index in [9.17, 15) is 4.55 Å². The summed E-state index contributed by atoms with van der Waals surface area (Å²) in [6, 6.07) is 0.164. The quantitative estimate of drug-likeness (QED) is 0.628. The lowest BCUT2D eigenvalue weighted by atomic mass is 10.2. The molecule has 106 valence electrons. The first-order valence-corrected chi connectivity index (χ1v) is 8.33. The minimum atomic E-state index is -1.03. The largest absolute Gasteiger partial charge is 0.616 e. The SMILES string of the molecule is C[C@@H]1COCCN1c1nc(Cl)nc(C[S+](C)[O-])c1Cl. The van der Waals surface area contributed by atoms with Crippen molar-refractivity contribution in [2.75, 3.05) is 30.9 Å². The van der Waals surface area contributed by atoms with E-state index in [0.29, 0.717) is 36.3 Å². The highest BCUT2D eigenvalue weighted by Gasteiger charge is 2.25. The molecule has 1 saturated heterocycles. The zero-order chi connectivity index (χ0) is 14.0. The van der Waals surface area contributed by atoms with Gasteiger partial charge in [0.2, 0.25) is 5.28 Å². The van der Waals surface area contributed by atoms with Crippen molar-refractivity contribution < 1.29 is 9.29 Å². The molecule has 1 aliphatic rings. The highest BCUT2D eigenvalue weighted by molar-refractivity contribution is 7.89. The molecule has 2 atom stereocenters. The van der Waals surface area contributed by atoms with Crippen LogP contribution in [0.5, 0.6) is 0 Å². The Morgan fingerprint density at radius 1 is 1.47 bits per heavy atom. The normalized spacial score (nSPS) is 21.5. The van der Waals surface area contributed by atoms with Crippen LogP contribution in [0.1, 0.15) is 12.6 Å². The molecule has 0 bridgehead atoms. The van der Waals surface area contributed by atoms with Gasteiger partial charge in [0.15, 0.2) is 5.82 Å². The van der Waals surface area contributed by atoms with Crippen LogP contribution in [-0.4, -0.2) is 46.6 Å². The van der Waals surface area contributed by atoms with Crippen LogP contribution in [0.15, 0.2) is 0 Å². The first-order valence-electron chi connectivity index (χ1n) is 5.85. The van der Waals surface area contributed by atoms with Crippen molar-refractivity contribution in [1.29, 1.82) is 0 Å². The lowest BCUT2D eigenvalue weighted by Crippen LogP contribution is -2.44. The summed E-state index contributed by atoms with van der Waals surface area (Å²) >= 11 is 11.2. The van der Waals surface area contributed by atoms with Crippen molar-refractivity contribution in [2.45, 2.75) is 18.7 Å². The van der Waals surface area contributed by atoms with E-state index < -0.39 is 11.2 Å². The summed E-state index contributed by atoms with van der Waals surface area (Å²) in [4.78, 5) is 10.3. The Kier molecular flexibility index (Phi) is 5.14. The first kappa shape index (κ1) is 15.1. The van der Waals surface area contributed by atoms with Gasteiger partial charge in [-0.15, -0.1) is 0 Å². The number of halogens is 2. The fraction of sp³-hybridized carbons (Fsp3) is 0.636. The van der Waals surface area contributed by atoms with E-state index in [4.69, 9.17) is 27.9 Å². The predicted octanol–water partition coefficient (Wildman–Crippen LogP) is 1.89. The van der Waals surface area contributed by atoms with Crippen molar-refractivity contribution >= 4 is 40.2 Å². The van der Waals surface area contributed by atoms with Crippen molar-refractivity contribution in [3.05, 3.63) is 16.0 Å². The average molecular weight is 324 g/mol. The molecule has 1 aromatic rings. The third-order valence-electron chi connectivity index (χ3n) is 2.85. The van der Waals surface area contributed by atoms with E-state index >= 15 is 0 Å². The lowest BCUT2D eigenvalue weighted by Gasteiger charge is -2.34. The summed E-state index contributed by atoms with van der Waals surface area (Å²) < 4.78 is 16.7. The van der Waals surface area contributed by atoms with Crippen molar-refractivity contribution in [2.24, 2.45) is 0 Å². The lowest BCUT2D eigenvalue weighted by molar-refractivity contribution is 0.0985. The second kappa shape index (κ2) is 6.45. The fourth-order valence-corrected chi connectivity index (χ4v) is 3.09. The predicted molar refractivity (Wildman–Crippen MR) is 77.4 cm³/mol. The van der Waals surface area contributed by atoms with Crippen molar-refractivity contribution in [1.82, 2.24) is 9.97 Å². The number of rotatable bonds is 3. The molecule has 1 aliphatic heterocycles. The van der Waals surface area contributed by atoms with Crippen LogP contribution >= 0.6 is 23.2 Å². The van der Waals surface area contributed by atoms with Crippen LogP contribution in [0, 0.1) is 0 Å². The molecule has 1 aromatic heterocycles. The van der Waals surface area contributed by atoms with Gasteiger partial charge < -0.3 is 14.2 Å². The Hall–Kier alpha value is -0.270. The number of ether oxygens (including phenoxy) is 1. The number of anilines is 1. The summed E-state index contributed by atoms with van der Waals surface area (Å²) in [5.41, 5.74) is 0.524. The van der Waals surface area contributed by atoms with Crippen LogP contribution in [-0.2, 0) is 21.7 Å². The molecule has 19 heavy (non-hydrogen) atoms. The molecule has 0 N–H and O–H groups in total. The summed E-state index contributed by atoms with van der Waals surface area (Å²) in [6.45, 7) is 3.97. The maximum atomic E-state index is 11.3. The molecule has 8 heteroatoms. The third kappa shape index (κ3) is 3.64. The summed E-state index contributed by atoms with van der Waals surface area (Å²) in [5.74, 6) is 0.866. The molecule has 0 amide bonds. The van der Waals surface area contributed by atoms with E-state index in [1.165, 1.54) is 0 Å². The van der Waals surface area contributed by atoms with Gasteiger partial charge in [-0.3, -0.25) is 0 Å². The van der Waals surface area contributed by atoms with E-state index in [-0.39, 0.29) is 17.1 Å². The Balaban J connectivity index is 2.36. The molecule has 0 spiro atoms. The molecular weight excluding hydrogens is 309 g/mol. The van der Waals surface area contributed by atoms with Crippen LogP contribution in [0.3, 0.4) is 0 Å². The second-order valence-electron chi connectivity index (χ2n) is 4.41. The summed E-state index contributed by atoms with van der Waals surface area (Å²) in [5, 5.41) is 0.548. The minimum absolute atomic E-state index is 0.124. The number of hydrogen-bond donors (Lipinski definition) is 0. The van der Waals surface area contributed by atoms with Gasteiger partial charge in [-0.05, 0) is 18.5 Å². The Morgan fingerprint density at radius 2 is 2.21 bits per heavy atom. The molecule has 0 saturated carbocycles. The second-order valence-corrected chi connectivity index (χ2v) is 6.56. The van der Waals surface area contributed by atoms with Crippen LogP contribution in [0.4, 0.5) is 5.82 Å². The maximum absolute atomic E-state index is 11.3. The van der Waals surface area contributed by atoms with Gasteiger partial charge in [0.1, 0.15) is 16.5 Å². The third-order valence-corrected chi connectivity index (χ3v) is 4.09. The zero-order valence-corrected chi connectivity index (χ0v) is 13.1. The number of aromatic nitrogens is 2. The molecule has 0 aliphatic carbocycles. The number of nitrogens with zero attached hydrogens (tertiary/aromatic N) is 3. The van der Waals surface area contributed by atoms with E-state index in [1.807, 2.05) is 11.8 Å². The highest BCUT2D eigenvalue weighted by atomic mass is 35.5. The van der Waals surface area contributed by atoms with Crippen molar-refractivity contribution in [3.8, 4) is 0 Å². The Bertz CT molecular complexity index is 462. The fourth-order valence-electron chi connectivity index (χ4n) is 1.97. The van der Waals surface area contributed by atoms with Gasteiger partial charge in [0, 0.05) is 6.54 Å². The molecule has 1 fully saturated rings. The average Bonchev–Trinajstić information content (AvgIpc) is 2.33. The molecule has 5 nitrogen and oxygen atoms in total. The molecule has 2 heterocycles. The van der Waals surface area contributed by atoms with E-state index in [2.05, 4.69) is 9.97 Å². The number of hydrogen-bond acceptors (Lipinski definition) is 5. The van der Waals surface area contributed by atoms with Crippen LogP contribution in [0.25, 0.3) is 0 Å². The van der Waals surface area contributed by atoms with E-state index in [0.717, 1.165) is 0 Å². The topological polar surface area (TPSA) is 61.3 Å². The van der Waals surface area contributed by atoms with Gasteiger partial charge >= 0.3 is 0 Å². The van der Waals surface area contributed by atoms with Gasteiger partial charge in [-0.2, -0.15) is 4.98 Å². The molecule has 0 radical (unpaired) electrons.